The number of ether oxygens (including phenoxy) is 1. The van der Waals surface area contributed by atoms with E-state index in [2.05, 4.69) is 44.9 Å². The number of pyridine rings is 1. The molecule has 0 aliphatic rings. The predicted octanol–water partition coefficient (Wildman–Crippen LogP) is 4.59. The van der Waals surface area contributed by atoms with Crippen LogP contribution in [0.25, 0.3) is 5.82 Å². The smallest absolute Gasteiger partial charge is 0.341 e. The van der Waals surface area contributed by atoms with Crippen LogP contribution in [0.5, 0.6) is 0 Å². The molecule has 0 N–H and O–H groups in total. The molecule has 0 aromatic carbocycles. The van der Waals surface area contributed by atoms with Gasteiger partial charge in [0, 0.05) is 11.5 Å². The molecule has 2 aromatic rings. The molecular formula is C19H28ClN3O2Si. The molecule has 2 rings (SSSR count). The van der Waals surface area contributed by atoms with E-state index in [0.29, 0.717) is 5.82 Å². The van der Waals surface area contributed by atoms with Crippen LogP contribution in [0.1, 0.15) is 51.9 Å². The van der Waals surface area contributed by atoms with E-state index in [0.717, 1.165) is 5.32 Å². The lowest BCUT2D eigenvalue weighted by Crippen LogP contribution is -2.50. The van der Waals surface area contributed by atoms with Crippen LogP contribution in [0, 0.1) is 0 Å². The lowest BCUT2D eigenvalue weighted by Gasteiger charge is -2.35. The third-order valence-corrected chi connectivity index (χ3v) is 10.4. The van der Waals surface area contributed by atoms with Gasteiger partial charge in [0.2, 0.25) is 0 Å². The number of nitrogens with zero attached hydrogens (tertiary/aromatic N) is 3. The summed E-state index contributed by atoms with van der Waals surface area (Å²) in [5.74, 6) is 0.0937. The van der Waals surface area contributed by atoms with Crippen LogP contribution in [-0.2, 0) is 4.74 Å². The van der Waals surface area contributed by atoms with Gasteiger partial charge in [0.15, 0.2) is 5.82 Å². The van der Waals surface area contributed by atoms with Crippen molar-refractivity contribution in [3.05, 3.63) is 35.1 Å². The normalized spacial score (nSPS) is 13.0. The van der Waals surface area contributed by atoms with E-state index in [4.69, 9.17) is 21.4 Å². The molecule has 0 fully saturated rings. The first-order valence-corrected chi connectivity index (χ1v) is 12.1. The van der Waals surface area contributed by atoms with Gasteiger partial charge in [0.25, 0.3) is 0 Å². The molecule has 0 saturated carbocycles. The molecule has 0 aliphatic heterocycles. The Morgan fingerprint density at radius 1 is 1.12 bits per heavy atom. The second-order valence-corrected chi connectivity index (χ2v) is 14.7. The van der Waals surface area contributed by atoms with E-state index in [-0.39, 0.29) is 15.8 Å². The van der Waals surface area contributed by atoms with E-state index < -0.39 is 19.6 Å². The minimum Gasteiger partial charge on any atom is -0.456 e. The van der Waals surface area contributed by atoms with E-state index >= 15 is 0 Å². The van der Waals surface area contributed by atoms with Gasteiger partial charge in [-0.15, -0.1) is 0 Å². The van der Waals surface area contributed by atoms with Gasteiger partial charge in [-0.05, 0) is 44.0 Å². The molecule has 2 aromatic heterocycles. The number of carbonyl (C=O) groups excluding carboxylic acids is 1. The van der Waals surface area contributed by atoms with E-state index in [1.165, 1.54) is 0 Å². The molecule has 0 spiro atoms. The van der Waals surface area contributed by atoms with Crippen LogP contribution in [-0.4, -0.2) is 34.4 Å². The van der Waals surface area contributed by atoms with Crippen LogP contribution in [0.15, 0.2) is 24.4 Å². The predicted molar refractivity (Wildman–Crippen MR) is 108 cm³/mol. The molecule has 0 radical (unpaired) electrons. The van der Waals surface area contributed by atoms with Crippen molar-refractivity contribution < 1.29 is 9.53 Å². The third-order valence-electron chi connectivity index (χ3n) is 4.79. The Morgan fingerprint density at radius 3 is 2.23 bits per heavy atom. The van der Waals surface area contributed by atoms with Crippen molar-refractivity contribution in [3.8, 4) is 5.82 Å². The molecule has 26 heavy (non-hydrogen) atoms. The second kappa shape index (κ2) is 6.81. The summed E-state index contributed by atoms with van der Waals surface area (Å²) in [5.41, 5.74) is -0.332. The first-order valence-electron chi connectivity index (χ1n) is 8.69. The molecule has 0 unspecified atom stereocenters. The topological polar surface area (TPSA) is 57.0 Å². The van der Waals surface area contributed by atoms with Crippen LogP contribution < -0.4 is 5.32 Å². The highest BCUT2D eigenvalue weighted by molar-refractivity contribution is 6.91. The third kappa shape index (κ3) is 4.35. The standard InChI is InChI=1S/C19H28ClN3O2Si/c1-18(2,3)25-17(24)13-9-10-14(21-16(13)20)23-12-11-15(22-23)26(7,8)19(4,5)6/h9-12H,1-8H3. The summed E-state index contributed by atoms with van der Waals surface area (Å²) in [6, 6.07) is 5.41. The molecule has 7 heteroatoms. The summed E-state index contributed by atoms with van der Waals surface area (Å²) in [6.45, 7) is 16.8. The van der Waals surface area contributed by atoms with Crippen LogP contribution in [0.2, 0.25) is 23.3 Å². The summed E-state index contributed by atoms with van der Waals surface area (Å²) >= 11 is 6.23. The summed E-state index contributed by atoms with van der Waals surface area (Å²) in [6.07, 6.45) is 1.89. The maximum Gasteiger partial charge on any atom is 0.341 e. The van der Waals surface area contributed by atoms with Gasteiger partial charge in [-0.25, -0.2) is 14.5 Å². The van der Waals surface area contributed by atoms with E-state index in [1.807, 2.05) is 27.0 Å². The largest absolute Gasteiger partial charge is 0.456 e. The Hall–Kier alpha value is -1.66. The lowest BCUT2D eigenvalue weighted by atomic mass is 10.2. The highest BCUT2D eigenvalue weighted by Gasteiger charge is 2.39. The highest BCUT2D eigenvalue weighted by atomic mass is 35.5. The highest BCUT2D eigenvalue weighted by Crippen LogP contribution is 2.35. The number of aromatic nitrogens is 3. The van der Waals surface area contributed by atoms with E-state index in [1.54, 1.807) is 16.8 Å². The fraction of sp³-hybridized carbons (Fsp3) is 0.526. The van der Waals surface area contributed by atoms with Gasteiger partial charge in [0.05, 0.1) is 5.56 Å². The summed E-state index contributed by atoms with van der Waals surface area (Å²) in [4.78, 5) is 16.5. The second-order valence-electron chi connectivity index (χ2n) is 9.03. The summed E-state index contributed by atoms with van der Waals surface area (Å²) in [5, 5.41) is 6.15. The summed E-state index contributed by atoms with van der Waals surface area (Å²) in [7, 11) is -1.73. The molecule has 0 bridgehead atoms. The van der Waals surface area contributed by atoms with Gasteiger partial charge in [-0.2, -0.15) is 5.10 Å². The zero-order chi connectivity index (χ0) is 19.9. The Balaban J connectivity index is 2.32. The molecule has 0 saturated heterocycles. The van der Waals surface area contributed by atoms with Crippen molar-refractivity contribution in [1.82, 2.24) is 14.8 Å². The maximum absolute atomic E-state index is 12.2. The first-order chi connectivity index (χ1) is 11.7. The molecule has 5 nitrogen and oxygen atoms in total. The monoisotopic (exact) mass is 393 g/mol. The number of esters is 1. The number of hydrogen-bond donors (Lipinski definition) is 0. The number of rotatable bonds is 3. The molecular weight excluding hydrogens is 366 g/mol. The van der Waals surface area contributed by atoms with Crippen LogP contribution in [0.3, 0.4) is 0 Å². The molecule has 0 atom stereocenters. The minimum absolute atomic E-state index is 0.112. The Bertz CT molecular complexity index is 817. The zero-order valence-electron chi connectivity index (χ0n) is 16.8. The van der Waals surface area contributed by atoms with Gasteiger partial charge >= 0.3 is 5.97 Å². The van der Waals surface area contributed by atoms with Crippen molar-refractivity contribution >= 4 is 31.0 Å². The van der Waals surface area contributed by atoms with Crippen molar-refractivity contribution in [1.29, 1.82) is 0 Å². The number of halogens is 1. The average molecular weight is 394 g/mol. The van der Waals surface area contributed by atoms with Gasteiger partial charge < -0.3 is 4.74 Å². The van der Waals surface area contributed by atoms with Crippen molar-refractivity contribution in [2.75, 3.05) is 0 Å². The van der Waals surface area contributed by atoms with Crippen LogP contribution in [0.4, 0.5) is 0 Å². The fourth-order valence-electron chi connectivity index (χ4n) is 2.21. The fourth-order valence-corrected chi connectivity index (χ4v) is 4.05. The average Bonchev–Trinajstić information content (AvgIpc) is 2.94. The summed E-state index contributed by atoms with van der Waals surface area (Å²) < 4.78 is 7.07. The molecule has 0 aliphatic carbocycles. The van der Waals surface area contributed by atoms with Crippen molar-refractivity contribution in [3.63, 3.8) is 0 Å². The Morgan fingerprint density at radius 2 is 1.73 bits per heavy atom. The SMILES string of the molecule is CC(C)(C)OC(=O)c1ccc(-n2ccc([Si](C)(C)C(C)(C)C)n2)nc1Cl. The van der Waals surface area contributed by atoms with Gasteiger partial charge in [-0.1, -0.05) is 45.5 Å². The molecule has 2 heterocycles. The molecule has 142 valence electrons. The molecule has 0 amide bonds. The van der Waals surface area contributed by atoms with Gasteiger partial charge in [-0.3, -0.25) is 0 Å². The minimum atomic E-state index is -1.73. The maximum atomic E-state index is 12.2. The number of hydrogen-bond acceptors (Lipinski definition) is 4. The first kappa shape index (κ1) is 20.6. The van der Waals surface area contributed by atoms with E-state index in [9.17, 15) is 4.79 Å². The Labute approximate surface area is 161 Å². The number of carbonyl (C=O) groups is 1. The lowest BCUT2D eigenvalue weighted by molar-refractivity contribution is 0.00693. The van der Waals surface area contributed by atoms with Crippen molar-refractivity contribution in [2.45, 2.75) is 65.3 Å². The Kier molecular flexibility index (Phi) is 5.41. The van der Waals surface area contributed by atoms with Crippen LogP contribution >= 0.6 is 11.6 Å². The quantitative estimate of drug-likeness (QED) is 0.434. The van der Waals surface area contributed by atoms with Gasteiger partial charge in [0.1, 0.15) is 18.8 Å². The van der Waals surface area contributed by atoms with Crippen molar-refractivity contribution in [2.24, 2.45) is 0 Å². The zero-order valence-corrected chi connectivity index (χ0v) is 18.6.